The Kier molecular flexibility index (Phi) is 4.15. The topological polar surface area (TPSA) is 26.0 Å². The van der Waals surface area contributed by atoms with Crippen LogP contribution in [0, 0.1) is 0 Å². The molecule has 9 heavy (non-hydrogen) atoms. The molecule has 0 aromatic carbocycles. The second-order valence-corrected chi connectivity index (χ2v) is 2.51. The van der Waals surface area contributed by atoms with Crippen molar-refractivity contribution in [3.63, 3.8) is 0 Å². The van der Waals surface area contributed by atoms with Crippen LogP contribution in [-0.4, -0.2) is 12.2 Å². The van der Waals surface area contributed by atoms with Crippen LogP contribution in [0.15, 0.2) is 0 Å². The summed E-state index contributed by atoms with van der Waals surface area (Å²) in [6.45, 7) is 0. The molecule has 0 aromatic rings. The van der Waals surface area contributed by atoms with E-state index in [4.69, 9.17) is 5.73 Å². The highest BCUT2D eigenvalue weighted by Crippen LogP contribution is 2.18. The lowest BCUT2D eigenvalue weighted by molar-refractivity contribution is 0.236. The minimum absolute atomic E-state index is 0. The largest absolute Gasteiger partial charge is 0.328 e. The summed E-state index contributed by atoms with van der Waals surface area (Å²) in [5.41, 5.74) is 5.53. The van der Waals surface area contributed by atoms with Gasteiger partial charge in [0.2, 0.25) is 0 Å². The third kappa shape index (κ3) is 3.01. The summed E-state index contributed by atoms with van der Waals surface area (Å²) in [5.74, 6) is 0. The number of nitrogens with two attached hydrogens (primary N) is 1. The molecule has 0 saturated heterocycles. The van der Waals surface area contributed by atoms with E-state index in [1.807, 2.05) is 0 Å². The standard InChI is InChI=1S/C6H12FN.ClH/c7-5-1-3-6(8)4-2-5;/h5-6H,1-4,8H2;1H/t5-,6+;. The van der Waals surface area contributed by atoms with Gasteiger partial charge in [-0.2, -0.15) is 0 Å². The highest BCUT2D eigenvalue weighted by molar-refractivity contribution is 5.85. The van der Waals surface area contributed by atoms with Crippen molar-refractivity contribution in [2.24, 2.45) is 5.73 Å². The van der Waals surface area contributed by atoms with Crippen molar-refractivity contribution >= 4 is 12.4 Å². The Labute approximate surface area is 61.2 Å². The van der Waals surface area contributed by atoms with Gasteiger partial charge in [-0.25, -0.2) is 4.39 Å². The summed E-state index contributed by atoms with van der Waals surface area (Å²) in [6, 6.07) is 0.280. The molecule has 0 unspecified atom stereocenters. The van der Waals surface area contributed by atoms with Gasteiger partial charge in [0, 0.05) is 6.04 Å². The van der Waals surface area contributed by atoms with E-state index < -0.39 is 6.17 Å². The van der Waals surface area contributed by atoms with E-state index in [1.54, 1.807) is 0 Å². The summed E-state index contributed by atoms with van der Waals surface area (Å²) < 4.78 is 12.3. The summed E-state index contributed by atoms with van der Waals surface area (Å²) in [6.07, 6.45) is 2.56. The van der Waals surface area contributed by atoms with E-state index in [9.17, 15) is 4.39 Å². The van der Waals surface area contributed by atoms with Crippen LogP contribution in [0.25, 0.3) is 0 Å². The molecule has 0 heterocycles. The fraction of sp³-hybridized carbons (Fsp3) is 1.00. The molecule has 1 fully saturated rings. The first-order valence-electron chi connectivity index (χ1n) is 3.18. The molecule has 0 spiro atoms. The zero-order valence-electron chi connectivity index (χ0n) is 5.35. The maximum absolute atomic E-state index is 12.3. The van der Waals surface area contributed by atoms with Crippen molar-refractivity contribution in [1.29, 1.82) is 0 Å². The van der Waals surface area contributed by atoms with Crippen LogP contribution in [0.4, 0.5) is 4.39 Å². The van der Waals surface area contributed by atoms with Crippen molar-refractivity contribution in [3.8, 4) is 0 Å². The van der Waals surface area contributed by atoms with E-state index in [2.05, 4.69) is 0 Å². The average Bonchev–Trinajstić information content (AvgIpc) is 1.77. The van der Waals surface area contributed by atoms with Crippen molar-refractivity contribution in [2.75, 3.05) is 0 Å². The molecule has 0 aliphatic heterocycles. The van der Waals surface area contributed by atoms with Crippen molar-refractivity contribution in [1.82, 2.24) is 0 Å². The molecule has 56 valence electrons. The first-order valence-corrected chi connectivity index (χ1v) is 3.18. The lowest BCUT2D eigenvalue weighted by Crippen LogP contribution is -2.26. The summed E-state index contributed by atoms with van der Waals surface area (Å²) in [7, 11) is 0. The first kappa shape index (κ1) is 9.18. The van der Waals surface area contributed by atoms with Gasteiger partial charge in [-0.15, -0.1) is 12.4 Å². The van der Waals surface area contributed by atoms with Gasteiger partial charge in [0.1, 0.15) is 6.17 Å². The van der Waals surface area contributed by atoms with Crippen LogP contribution in [0.2, 0.25) is 0 Å². The van der Waals surface area contributed by atoms with Crippen molar-refractivity contribution in [2.45, 2.75) is 37.9 Å². The summed E-state index contributed by atoms with van der Waals surface area (Å²) >= 11 is 0. The van der Waals surface area contributed by atoms with Crippen LogP contribution in [0.1, 0.15) is 25.7 Å². The zero-order chi connectivity index (χ0) is 5.98. The van der Waals surface area contributed by atoms with E-state index in [-0.39, 0.29) is 18.4 Å². The minimum atomic E-state index is -0.560. The molecule has 2 N–H and O–H groups in total. The number of hydrogen-bond donors (Lipinski definition) is 1. The molecule has 1 aliphatic rings. The quantitative estimate of drug-likeness (QED) is 0.563. The molecular weight excluding hydrogens is 141 g/mol. The summed E-state index contributed by atoms with van der Waals surface area (Å²) in [5, 5.41) is 0. The van der Waals surface area contributed by atoms with E-state index in [1.165, 1.54) is 0 Å². The van der Waals surface area contributed by atoms with E-state index >= 15 is 0 Å². The Bertz CT molecular complexity index is 61.5. The van der Waals surface area contributed by atoms with Gasteiger partial charge in [0.15, 0.2) is 0 Å². The molecule has 0 amide bonds. The first-order chi connectivity index (χ1) is 3.79. The van der Waals surface area contributed by atoms with Crippen LogP contribution >= 0.6 is 12.4 Å². The maximum Gasteiger partial charge on any atom is 0.100 e. The van der Waals surface area contributed by atoms with Crippen molar-refractivity contribution in [3.05, 3.63) is 0 Å². The van der Waals surface area contributed by atoms with Gasteiger partial charge in [0.25, 0.3) is 0 Å². The molecule has 0 radical (unpaired) electrons. The molecule has 1 aliphatic carbocycles. The number of alkyl halides is 1. The predicted octanol–water partition coefficient (Wildman–Crippen LogP) is 1.65. The van der Waals surface area contributed by atoms with Crippen LogP contribution in [-0.2, 0) is 0 Å². The molecule has 1 saturated carbocycles. The van der Waals surface area contributed by atoms with Crippen molar-refractivity contribution < 1.29 is 4.39 Å². The minimum Gasteiger partial charge on any atom is -0.328 e. The number of hydrogen-bond acceptors (Lipinski definition) is 1. The Morgan fingerprint density at radius 1 is 1.11 bits per heavy atom. The second-order valence-electron chi connectivity index (χ2n) is 2.51. The lowest BCUT2D eigenvalue weighted by Gasteiger charge is -2.19. The van der Waals surface area contributed by atoms with Crippen LogP contribution < -0.4 is 5.73 Å². The second kappa shape index (κ2) is 4.07. The van der Waals surface area contributed by atoms with Gasteiger partial charge in [-0.3, -0.25) is 0 Å². The van der Waals surface area contributed by atoms with E-state index in [0.717, 1.165) is 12.8 Å². The molecule has 1 nitrogen and oxygen atoms in total. The Balaban J connectivity index is 0.000000640. The lowest BCUT2D eigenvalue weighted by atomic mass is 9.95. The highest BCUT2D eigenvalue weighted by Gasteiger charge is 2.16. The SMILES string of the molecule is Cl.N[C@H]1CC[C@@H](F)CC1. The normalized spacial score (nSPS) is 35.3. The maximum atomic E-state index is 12.3. The Morgan fingerprint density at radius 3 is 1.89 bits per heavy atom. The predicted molar refractivity (Wildman–Crippen MR) is 38.6 cm³/mol. The smallest absolute Gasteiger partial charge is 0.100 e. The third-order valence-electron chi connectivity index (χ3n) is 1.70. The third-order valence-corrected chi connectivity index (χ3v) is 1.70. The van der Waals surface area contributed by atoms with Crippen LogP contribution in [0.3, 0.4) is 0 Å². The van der Waals surface area contributed by atoms with E-state index in [0.29, 0.717) is 12.8 Å². The monoisotopic (exact) mass is 153 g/mol. The fourth-order valence-electron chi connectivity index (χ4n) is 1.08. The average molecular weight is 154 g/mol. The molecule has 0 atom stereocenters. The van der Waals surface area contributed by atoms with Crippen LogP contribution in [0.5, 0.6) is 0 Å². The summed E-state index contributed by atoms with van der Waals surface area (Å²) in [4.78, 5) is 0. The number of rotatable bonds is 0. The zero-order valence-corrected chi connectivity index (χ0v) is 6.16. The van der Waals surface area contributed by atoms with Gasteiger partial charge in [-0.1, -0.05) is 0 Å². The number of halogens is 2. The molecular formula is C6H13ClFN. The van der Waals surface area contributed by atoms with Gasteiger partial charge in [-0.05, 0) is 25.7 Å². The van der Waals surface area contributed by atoms with Gasteiger partial charge < -0.3 is 5.73 Å². The molecule has 1 rings (SSSR count). The Hall–Kier alpha value is 0.180. The fourth-order valence-corrected chi connectivity index (χ4v) is 1.08. The molecule has 0 bridgehead atoms. The molecule has 0 aromatic heterocycles. The molecule has 3 heteroatoms. The highest BCUT2D eigenvalue weighted by atomic mass is 35.5. The Morgan fingerprint density at radius 2 is 1.56 bits per heavy atom. The van der Waals surface area contributed by atoms with Gasteiger partial charge >= 0.3 is 0 Å². The van der Waals surface area contributed by atoms with Gasteiger partial charge in [0.05, 0.1) is 0 Å².